The number of alkyl halides is 3. The van der Waals surface area contributed by atoms with Crippen LogP contribution in [0.4, 0.5) is 13.2 Å². The molecule has 1 aromatic heterocycles. The van der Waals surface area contributed by atoms with Crippen molar-refractivity contribution in [3.05, 3.63) is 58.7 Å². The normalized spacial score (nSPS) is 11.4. The van der Waals surface area contributed by atoms with Crippen molar-refractivity contribution in [2.45, 2.75) is 18.4 Å². The Hall–Kier alpha value is -2.36. The summed E-state index contributed by atoms with van der Waals surface area (Å²) < 4.78 is 48.0. The summed E-state index contributed by atoms with van der Waals surface area (Å²) in [6, 6.07) is 10.3. The number of nitrogens with zero attached hydrogens (tertiary/aromatic N) is 2. The number of halogens is 5. The lowest BCUT2D eigenvalue weighted by atomic mass is 10.1. The largest absolute Gasteiger partial charge is 0.573 e. The van der Waals surface area contributed by atoms with Gasteiger partial charge in [0.05, 0.1) is 34.3 Å². The van der Waals surface area contributed by atoms with Crippen molar-refractivity contribution in [1.29, 1.82) is 0 Å². The summed E-state index contributed by atoms with van der Waals surface area (Å²) in [6.45, 7) is 1.96. The van der Waals surface area contributed by atoms with E-state index >= 15 is 0 Å². The van der Waals surface area contributed by atoms with Crippen LogP contribution >= 0.6 is 35.0 Å². The topological polar surface area (TPSA) is 53.3 Å². The number of esters is 1. The number of carbonyl (C=O) groups excluding carboxylic acids is 1. The smallest absolute Gasteiger partial charge is 0.465 e. The van der Waals surface area contributed by atoms with E-state index in [1.54, 1.807) is 35.9 Å². The molecule has 5 nitrogen and oxygen atoms in total. The molecular weight excluding hydrogens is 476 g/mol. The van der Waals surface area contributed by atoms with Gasteiger partial charge in [-0.15, -0.1) is 13.2 Å². The summed E-state index contributed by atoms with van der Waals surface area (Å²) in [5, 5.41) is 1.15. The van der Waals surface area contributed by atoms with Crippen LogP contribution in [0.5, 0.6) is 5.75 Å². The molecule has 11 heteroatoms. The number of rotatable bonds is 7. The van der Waals surface area contributed by atoms with Gasteiger partial charge in [-0.05, 0) is 43.3 Å². The van der Waals surface area contributed by atoms with Gasteiger partial charge >= 0.3 is 12.3 Å². The lowest BCUT2D eigenvalue weighted by Crippen LogP contribution is -2.17. The summed E-state index contributed by atoms with van der Waals surface area (Å²) in [5.74, 6) is -0.749. The number of hydrogen-bond acceptors (Lipinski definition) is 5. The Morgan fingerprint density at radius 1 is 1.13 bits per heavy atom. The standard InChI is InChI=1S/C20H15Cl2F3N2O3S/c1-2-29-18(28)11-31-19-26-10-17(12-3-8-15(21)16(22)9-12)27(19)13-4-6-14(7-5-13)30-20(23,24)25/h3-10H,2,11H2,1H3. The number of aromatic nitrogens is 2. The number of carbonyl (C=O) groups is 1. The molecule has 0 aliphatic heterocycles. The first-order valence-corrected chi connectivity index (χ1v) is 10.6. The van der Waals surface area contributed by atoms with Crippen molar-refractivity contribution in [2.75, 3.05) is 12.4 Å². The Kier molecular flexibility index (Phi) is 7.40. The maximum atomic E-state index is 12.5. The van der Waals surface area contributed by atoms with Gasteiger partial charge in [0.1, 0.15) is 5.75 Å². The molecule has 0 spiro atoms. The highest BCUT2D eigenvalue weighted by molar-refractivity contribution is 7.99. The number of benzene rings is 2. The molecule has 31 heavy (non-hydrogen) atoms. The average Bonchev–Trinajstić information content (AvgIpc) is 3.12. The van der Waals surface area contributed by atoms with Crippen LogP contribution in [-0.4, -0.2) is 34.2 Å². The van der Waals surface area contributed by atoms with Crippen LogP contribution in [0.1, 0.15) is 6.92 Å². The van der Waals surface area contributed by atoms with Crippen LogP contribution < -0.4 is 4.74 Å². The van der Waals surface area contributed by atoms with Crippen LogP contribution in [0.3, 0.4) is 0 Å². The second-order valence-corrected chi connectivity index (χ2v) is 7.78. The third kappa shape index (κ3) is 6.09. The maximum absolute atomic E-state index is 12.5. The first-order valence-electron chi connectivity index (χ1n) is 8.85. The minimum absolute atomic E-state index is 0.0148. The van der Waals surface area contributed by atoms with Gasteiger partial charge in [0.25, 0.3) is 0 Å². The second kappa shape index (κ2) is 9.84. The minimum atomic E-state index is -4.79. The SMILES string of the molecule is CCOC(=O)CSc1ncc(-c2ccc(Cl)c(Cl)c2)n1-c1ccc(OC(F)(F)F)cc1. The van der Waals surface area contributed by atoms with E-state index in [0.29, 0.717) is 32.1 Å². The zero-order valence-electron chi connectivity index (χ0n) is 16.0. The Morgan fingerprint density at radius 3 is 2.45 bits per heavy atom. The zero-order valence-corrected chi connectivity index (χ0v) is 18.3. The third-order valence-electron chi connectivity index (χ3n) is 3.90. The van der Waals surface area contributed by atoms with Crippen molar-refractivity contribution >= 4 is 40.9 Å². The summed E-state index contributed by atoms with van der Waals surface area (Å²) >= 11 is 13.3. The minimum Gasteiger partial charge on any atom is -0.465 e. The molecule has 1 heterocycles. The van der Waals surface area contributed by atoms with Gasteiger partial charge < -0.3 is 9.47 Å². The summed E-state index contributed by atoms with van der Waals surface area (Å²) in [5.41, 5.74) is 1.80. The van der Waals surface area contributed by atoms with Gasteiger partial charge in [0.15, 0.2) is 5.16 Å². The van der Waals surface area contributed by atoms with Crippen molar-refractivity contribution in [2.24, 2.45) is 0 Å². The fraction of sp³-hybridized carbons (Fsp3) is 0.200. The van der Waals surface area contributed by atoms with E-state index in [0.717, 1.165) is 11.8 Å². The molecule has 3 aromatic rings. The Morgan fingerprint density at radius 2 is 1.84 bits per heavy atom. The molecule has 0 saturated heterocycles. The van der Waals surface area contributed by atoms with E-state index in [9.17, 15) is 18.0 Å². The predicted octanol–water partition coefficient (Wildman–Crippen LogP) is 6.40. The van der Waals surface area contributed by atoms with Gasteiger partial charge in [-0.1, -0.05) is 41.0 Å². The van der Waals surface area contributed by atoms with Crippen LogP contribution in [0.15, 0.2) is 53.8 Å². The fourth-order valence-electron chi connectivity index (χ4n) is 2.67. The number of thioether (sulfide) groups is 1. The quantitative estimate of drug-likeness (QED) is 0.283. The predicted molar refractivity (Wildman–Crippen MR) is 113 cm³/mol. The summed E-state index contributed by atoms with van der Waals surface area (Å²) in [7, 11) is 0. The molecule has 164 valence electrons. The van der Waals surface area contributed by atoms with Gasteiger partial charge in [-0.3, -0.25) is 9.36 Å². The maximum Gasteiger partial charge on any atom is 0.573 e. The van der Waals surface area contributed by atoms with E-state index in [1.165, 1.54) is 24.3 Å². The third-order valence-corrected chi connectivity index (χ3v) is 5.56. The molecule has 0 atom stereocenters. The molecule has 0 fully saturated rings. The molecule has 0 aliphatic carbocycles. The summed E-state index contributed by atoms with van der Waals surface area (Å²) in [4.78, 5) is 16.1. The first kappa shape index (κ1) is 23.3. The second-order valence-electron chi connectivity index (χ2n) is 6.03. The highest BCUT2D eigenvalue weighted by Gasteiger charge is 2.31. The lowest BCUT2D eigenvalue weighted by Gasteiger charge is -2.14. The van der Waals surface area contributed by atoms with E-state index in [-0.39, 0.29) is 18.1 Å². The van der Waals surface area contributed by atoms with Crippen LogP contribution in [0.25, 0.3) is 16.9 Å². The fourth-order valence-corrected chi connectivity index (χ4v) is 3.76. The molecule has 0 saturated carbocycles. The number of hydrogen-bond donors (Lipinski definition) is 0. The van der Waals surface area contributed by atoms with E-state index in [1.807, 2.05) is 0 Å². The molecule has 0 bridgehead atoms. The zero-order chi connectivity index (χ0) is 22.6. The molecule has 0 radical (unpaired) electrons. The molecule has 2 aromatic carbocycles. The van der Waals surface area contributed by atoms with E-state index in [2.05, 4.69) is 9.72 Å². The summed E-state index contributed by atoms with van der Waals surface area (Å²) in [6.07, 6.45) is -3.21. The molecule has 0 N–H and O–H groups in total. The number of ether oxygens (including phenoxy) is 2. The first-order chi connectivity index (χ1) is 14.7. The van der Waals surface area contributed by atoms with Crippen molar-refractivity contribution in [3.63, 3.8) is 0 Å². The highest BCUT2D eigenvalue weighted by Crippen LogP contribution is 2.34. The Balaban J connectivity index is 2.01. The number of imidazole rings is 1. The van der Waals surface area contributed by atoms with Gasteiger partial charge in [-0.2, -0.15) is 0 Å². The van der Waals surface area contributed by atoms with Gasteiger partial charge in [-0.25, -0.2) is 4.98 Å². The lowest BCUT2D eigenvalue weighted by molar-refractivity contribution is -0.274. The van der Waals surface area contributed by atoms with Crippen molar-refractivity contribution in [1.82, 2.24) is 9.55 Å². The van der Waals surface area contributed by atoms with Gasteiger partial charge in [0.2, 0.25) is 0 Å². The van der Waals surface area contributed by atoms with E-state index < -0.39 is 12.3 Å². The highest BCUT2D eigenvalue weighted by atomic mass is 35.5. The van der Waals surface area contributed by atoms with Crippen molar-refractivity contribution in [3.8, 4) is 22.7 Å². The van der Waals surface area contributed by atoms with Crippen LogP contribution in [0, 0.1) is 0 Å². The average molecular weight is 491 g/mol. The Labute approximate surface area is 190 Å². The van der Waals surface area contributed by atoms with E-state index in [4.69, 9.17) is 27.9 Å². The van der Waals surface area contributed by atoms with Gasteiger partial charge in [0, 0.05) is 11.3 Å². The van der Waals surface area contributed by atoms with Crippen LogP contribution in [0.2, 0.25) is 10.0 Å². The van der Waals surface area contributed by atoms with Crippen LogP contribution in [-0.2, 0) is 9.53 Å². The molecular formula is C20H15Cl2F3N2O3S. The van der Waals surface area contributed by atoms with Crippen molar-refractivity contribution < 1.29 is 27.4 Å². The monoisotopic (exact) mass is 490 g/mol. The molecule has 0 amide bonds. The molecule has 0 unspecified atom stereocenters. The molecule has 0 aliphatic rings. The molecule has 3 rings (SSSR count). The Bertz CT molecular complexity index is 1070.